The monoisotopic (exact) mass is 325 g/mol. The maximum Gasteiger partial charge on any atom is 0.220 e. The van der Waals surface area contributed by atoms with Crippen molar-refractivity contribution >= 4 is 17.7 Å². The molecule has 2 N–H and O–H groups in total. The van der Waals surface area contributed by atoms with Crippen LogP contribution in [0.3, 0.4) is 0 Å². The molecule has 22 heavy (non-hydrogen) atoms. The molecule has 1 unspecified atom stereocenters. The molecular formula is C13H16FN5O2S. The Kier molecular flexibility index (Phi) is 5.84. The molecule has 0 spiro atoms. The highest BCUT2D eigenvalue weighted by Crippen LogP contribution is 2.14. The molecule has 7 nitrogen and oxygen atoms in total. The summed E-state index contributed by atoms with van der Waals surface area (Å²) in [5, 5.41) is 24.1. The van der Waals surface area contributed by atoms with Crippen LogP contribution >= 0.6 is 11.8 Å². The molecule has 1 atom stereocenters. The van der Waals surface area contributed by atoms with Crippen molar-refractivity contribution in [1.29, 1.82) is 0 Å². The summed E-state index contributed by atoms with van der Waals surface area (Å²) in [6.45, 7) is 0.0401. The van der Waals surface area contributed by atoms with Crippen LogP contribution in [0.5, 0.6) is 0 Å². The van der Waals surface area contributed by atoms with E-state index in [1.165, 1.54) is 34.6 Å². The molecule has 1 aromatic carbocycles. The van der Waals surface area contributed by atoms with Gasteiger partial charge in [-0.25, -0.2) is 9.07 Å². The van der Waals surface area contributed by atoms with Crippen molar-refractivity contribution in [2.75, 3.05) is 12.3 Å². The zero-order valence-electron chi connectivity index (χ0n) is 11.9. The molecule has 0 aliphatic rings. The van der Waals surface area contributed by atoms with E-state index in [4.69, 9.17) is 0 Å². The number of carbonyl (C=O) groups is 1. The summed E-state index contributed by atoms with van der Waals surface area (Å²) in [5.41, 5.74) is 0.430. The third kappa shape index (κ3) is 4.78. The molecule has 9 heteroatoms. The molecule has 0 radical (unpaired) electrons. The molecular weight excluding hydrogens is 309 g/mol. The number of aromatic nitrogens is 4. The summed E-state index contributed by atoms with van der Waals surface area (Å²) >= 11 is 1.37. The number of thioether (sulfide) groups is 1. The van der Waals surface area contributed by atoms with Crippen LogP contribution < -0.4 is 5.32 Å². The Balaban J connectivity index is 1.70. The number of rotatable bonds is 7. The van der Waals surface area contributed by atoms with Crippen molar-refractivity contribution in [2.24, 2.45) is 7.05 Å². The first-order valence-electron chi connectivity index (χ1n) is 6.61. The average molecular weight is 325 g/mol. The van der Waals surface area contributed by atoms with Crippen molar-refractivity contribution in [1.82, 2.24) is 25.5 Å². The zero-order chi connectivity index (χ0) is 15.9. The van der Waals surface area contributed by atoms with Gasteiger partial charge in [0.15, 0.2) is 0 Å². The smallest absolute Gasteiger partial charge is 0.220 e. The zero-order valence-corrected chi connectivity index (χ0v) is 12.8. The second-order valence-corrected chi connectivity index (χ2v) is 5.62. The van der Waals surface area contributed by atoms with Gasteiger partial charge in [0.25, 0.3) is 0 Å². The van der Waals surface area contributed by atoms with E-state index in [9.17, 15) is 14.3 Å². The van der Waals surface area contributed by atoms with E-state index in [2.05, 4.69) is 20.8 Å². The van der Waals surface area contributed by atoms with E-state index in [0.717, 1.165) is 0 Å². The lowest BCUT2D eigenvalue weighted by Crippen LogP contribution is -2.28. The van der Waals surface area contributed by atoms with Crippen LogP contribution in [0.2, 0.25) is 0 Å². The van der Waals surface area contributed by atoms with E-state index in [1.807, 2.05) is 0 Å². The molecule has 0 aliphatic carbocycles. The second kappa shape index (κ2) is 7.85. The van der Waals surface area contributed by atoms with Gasteiger partial charge in [0, 0.05) is 25.8 Å². The molecule has 2 rings (SSSR count). The maximum absolute atomic E-state index is 13.0. The van der Waals surface area contributed by atoms with Crippen molar-refractivity contribution in [3.8, 4) is 0 Å². The third-order valence-electron chi connectivity index (χ3n) is 2.87. The Labute approximate surface area is 130 Å². The number of hydrogen-bond acceptors (Lipinski definition) is 6. The average Bonchev–Trinajstić information content (AvgIpc) is 2.90. The van der Waals surface area contributed by atoms with E-state index < -0.39 is 11.9 Å². The highest BCUT2D eigenvalue weighted by Gasteiger charge is 2.11. The number of nitrogens with zero attached hydrogens (tertiary/aromatic N) is 4. The topological polar surface area (TPSA) is 92.9 Å². The Morgan fingerprint density at radius 1 is 1.55 bits per heavy atom. The fourth-order valence-corrected chi connectivity index (χ4v) is 2.50. The molecule has 1 aromatic heterocycles. The van der Waals surface area contributed by atoms with Gasteiger partial charge in [-0.1, -0.05) is 23.9 Å². The Morgan fingerprint density at radius 2 is 2.36 bits per heavy atom. The molecule has 0 fully saturated rings. The fourth-order valence-electron chi connectivity index (χ4n) is 1.71. The lowest BCUT2D eigenvalue weighted by molar-refractivity contribution is -0.121. The number of tetrazole rings is 1. The van der Waals surface area contributed by atoms with Crippen LogP contribution in [-0.2, 0) is 11.8 Å². The van der Waals surface area contributed by atoms with Crippen molar-refractivity contribution in [3.05, 3.63) is 35.6 Å². The van der Waals surface area contributed by atoms with Gasteiger partial charge in [0.2, 0.25) is 11.1 Å². The summed E-state index contributed by atoms with van der Waals surface area (Å²) in [4.78, 5) is 11.7. The van der Waals surface area contributed by atoms with Crippen molar-refractivity contribution < 1.29 is 14.3 Å². The number of benzene rings is 1. The van der Waals surface area contributed by atoms with E-state index >= 15 is 0 Å². The normalized spacial score (nSPS) is 12.1. The number of hydrogen-bond donors (Lipinski definition) is 2. The first-order valence-corrected chi connectivity index (χ1v) is 7.60. The van der Waals surface area contributed by atoms with Crippen molar-refractivity contribution in [2.45, 2.75) is 17.7 Å². The summed E-state index contributed by atoms with van der Waals surface area (Å²) < 4.78 is 14.6. The van der Waals surface area contributed by atoms with E-state index in [-0.39, 0.29) is 18.9 Å². The number of aryl methyl sites for hydroxylation is 1. The third-order valence-corrected chi connectivity index (χ3v) is 3.88. The minimum absolute atomic E-state index is 0.0401. The van der Waals surface area contributed by atoms with Gasteiger partial charge < -0.3 is 10.4 Å². The first kappa shape index (κ1) is 16.4. The van der Waals surface area contributed by atoms with Gasteiger partial charge in [-0.05, 0) is 28.1 Å². The molecule has 2 aromatic rings. The van der Waals surface area contributed by atoms with E-state index in [0.29, 0.717) is 16.5 Å². The van der Waals surface area contributed by atoms with Crippen LogP contribution in [0.25, 0.3) is 0 Å². The Hall–Kier alpha value is -2.00. The summed E-state index contributed by atoms with van der Waals surface area (Å²) in [6, 6.07) is 5.67. The lowest BCUT2D eigenvalue weighted by atomic mass is 10.1. The van der Waals surface area contributed by atoms with Gasteiger partial charge in [0.1, 0.15) is 5.82 Å². The molecule has 0 aliphatic heterocycles. The molecule has 0 bridgehead atoms. The maximum atomic E-state index is 13.0. The van der Waals surface area contributed by atoms with Crippen LogP contribution in [0.4, 0.5) is 4.39 Å². The van der Waals surface area contributed by atoms with Crippen LogP contribution in [0.15, 0.2) is 29.4 Å². The first-order chi connectivity index (χ1) is 10.6. The van der Waals surface area contributed by atoms with Crippen LogP contribution in [-0.4, -0.2) is 43.5 Å². The van der Waals surface area contributed by atoms with Gasteiger partial charge in [-0.3, -0.25) is 4.79 Å². The highest BCUT2D eigenvalue weighted by atomic mass is 32.2. The van der Waals surface area contributed by atoms with Crippen LogP contribution in [0.1, 0.15) is 18.1 Å². The van der Waals surface area contributed by atoms with Crippen molar-refractivity contribution in [3.63, 3.8) is 0 Å². The van der Waals surface area contributed by atoms with Gasteiger partial charge in [-0.15, -0.1) is 5.10 Å². The largest absolute Gasteiger partial charge is 0.387 e. The fraction of sp³-hybridized carbons (Fsp3) is 0.385. The van der Waals surface area contributed by atoms with Crippen LogP contribution in [0, 0.1) is 5.82 Å². The Morgan fingerprint density at radius 3 is 3.05 bits per heavy atom. The molecule has 0 saturated heterocycles. The molecule has 118 valence electrons. The highest BCUT2D eigenvalue weighted by molar-refractivity contribution is 7.99. The van der Waals surface area contributed by atoms with Gasteiger partial charge in [0.05, 0.1) is 6.10 Å². The summed E-state index contributed by atoms with van der Waals surface area (Å²) in [5.74, 6) is -0.0922. The standard InChI is InChI=1S/C13H16FN5O2S/c1-19-13(16-17-18-19)22-6-5-12(21)15-8-11(20)9-3-2-4-10(14)7-9/h2-4,7,11,20H,5-6,8H2,1H3,(H,15,21). The molecule has 1 heterocycles. The minimum Gasteiger partial charge on any atom is -0.387 e. The number of aliphatic hydroxyl groups excluding tert-OH is 1. The quantitative estimate of drug-likeness (QED) is 0.727. The number of amides is 1. The lowest BCUT2D eigenvalue weighted by Gasteiger charge is -2.12. The number of halogens is 1. The predicted molar refractivity (Wildman–Crippen MR) is 78.5 cm³/mol. The molecule has 1 amide bonds. The summed E-state index contributed by atoms with van der Waals surface area (Å²) in [6.07, 6.45) is -0.664. The summed E-state index contributed by atoms with van der Waals surface area (Å²) in [7, 11) is 1.72. The SMILES string of the molecule is Cn1nnnc1SCCC(=O)NCC(O)c1cccc(F)c1. The number of nitrogens with one attached hydrogen (secondary N) is 1. The number of carbonyl (C=O) groups excluding carboxylic acids is 1. The van der Waals surface area contributed by atoms with Gasteiger partial charge >= 0.3 is 0 Å². The van der Waals surface area contributed by atoms with E-state index in [1.54, 1.807) is 13.1 Å². The minimum atomic E-state index is -0.935. The molecule has 0 saturated carbocycles. The second-order valence-electron chi connectivity index (χ2n) is 4.56. The number of aliphatic hydroxyl groups is 1. The predicted octanol–water partition coefficient (Wildman–Crippen LogP) is 0.681. The Bertz CT molecular complexity index is 636. The van der Waals surface area contributed by atoms with Gasteiger partial charge in [-0.2, -0.15) is 0 Å².